The molecular weight excluding hydrogens is 280 g/mol. The number of hydrogen-bond donors (Lipinski definition) is 1. The molecule has 0 fully saturated rings. The second-order valence-corrected chi connectivity index (χ2v) is 7.31. The van der Waals surface area contributed by atoms with E-state index in [1.807, 2.05) is 6.07 Å². The lowest BCUT2D eigenvalue weighted by atomic mass is 9.91. The van der Waals surface area contributed by atoms with Crippen LogP contribution in [0.2, 0.25) is 0 Å². The fraction of sp³-hybridized carbons (Fsp3) is 0.455. The first-order valence-corrected chi connectivity index (χ1v) is 8.89. The van der Waals surface area contributed by atoms with Crippen LogP contribution in [0.15, 0.2) is 42.5 Å². The fourth-order valence-electron chi connectivity index (χ4n) is 2.97. The van der Waals surface area contributed by atoms with E-state index in [9.17, 15) is 5.11 Å². The van der Waals surface area contributed by atoms with E-state index in [0.29, 0.717) is 11.7 Å². The van der Waals surface area contributed by atoms with Crippen molar-refractivity contribution in [1.29, 1.82) is 0 Å². The summed E-state index contributed by atoms with van der Waals surface area (Å²) >= 11 is 0. The van der Waals surface area contributed by atoms with Gasteiger partial charge in [0.05, 0.1) is 0 Å². The highest BCUT2D eigenvalue weighted by Gasteiger charge is 2.10. The summed E-state index contributed by atoms with van der Waals surface area (Å²) in [5.74, 6) is 1.79. The third kappa shape index (κ3) is 4.86. The van der Waals surface area contributed by atoms with Crippen molar-refractivity contribution in [3.63, 3.8) is 0 Å². The number of benzene rings is 2. The molecule has 0 aliphatic rings. The van der Waals surface area contributed by atoms with E-state index >= 15 is 0 Å². The number of rotatable bonds is 7. The summed E-state index contributed by atoms with van der Waals surface area (Å²) in [5, 5.41) is 12.5. The lowest BCUT2D eigenvalue weighted by Gasteiger charge is -2.14. The SMILES string of the molecule is CC(C)CC/C=C(\CCC(C)C)c1cccc2cccc(O)c12. The van der Waals surface area contributed by atoms with Crippen LogP contribution in [0.4, 0.5) is 0 Å². The van der Waals surface area contributed by atoms with Gasteiger partial charge in [0, 0.05) is 5.39 Å². The molecule has 23 heavy (non-hydrogen) atoms. The highest BCUT2D eigenvalue weighted by atomic mass is 16.3. The Morgan fingerprint density at radius 3 is 2.26 bits per heavy atom. The minimum atomic E-state index is 0.386. The van der Waals surface area contributed by atoms with Crippen molar-refractivity contribution in [3.05, 3.63) is 48.0 Å². The summed E-state index contributed by atoms with van der Waals surface area (Å²) in [5.41, 5.74) is 2.58. The Balaban J connectivity index is 2.42. The van der Waals surface area contributed by atoms with Crippen molar-refractivity contribution in [1.82, 2.24) is 0 Å². The van der Waals surface area contributed by atoms with Crippen LogP contribution in [0.5, 0.6) is 5.75 Å². The molecule has 1 heteroatoms. The number of fused-ring (bicyclic) bond motifs is 1. The molecule has 0 heterocycles. The van der Waals surface area contributed by atoms with Gasteiger partial charge in [-0.2, -0.15) is 0 Å². The summed E-state index contributed by atoms with van der Waals surface area (Å²) in [6.07, 6.45) is 6.96. The van der Waals surface area contributed by atoms with Crippen LogP contribution in [0.3, 0.4) is 0 Å². The van der Waals surface area contributed by atoms with Gasteiger partial charge >= 0.3 is 0 Å². The lowest BCUT2D eigenvalue weighted by Crippen LogP contribution is -1.94. The standard InChI is InChI=1S/C22H30O/c1-16(2)8-5-9-18(15-14-17(3)4)20-12-6-10-19-11-7-13-21(23)22(19)20/h6-7,9-13,16-17,23H,5,8,14-15H2,1-4H3/b18-9+. The van der Waals surface area contributed by atoms with Crippen molar-refractivity contribution in [3.8, 4) is 5.75 Å². The molecule has 0 aliphatic heterocycles. The highest BCUT2D eigenvalue weighted by Crippen LogP contribution is 2.34. The molecule has 0 aliphatic carbocycles. The minimum absolute atomic E-state index is 0.386. The van der Waals surface area contributed by atoms with Crippen LogP contribution in [-0.4, -0.2) is 5.11 Å². The first-order valence-electron chi connectivity index (χ1n) is 8.89. The Bertz CT molecular complexity index is 659. The molecule has 0 saturated heterocycles. The number of allylic oxidation sites excluding steroid dienone is 2. The molecular formula is C22H30O. The molecule has 0 spiro atoms. The summed E-state index contributed by atoms with van der Waals surface area (Å²) < 4.78 is 0. The third-order valence-corrected chi connectivity index (χ3v) is 4.35. The molecule has 0 amide bonds. The first-order chi connectivity index (χ1) is 11.0. The summed E-state index contributed by atoms with van der Waals surface area (Å²) in [4.78, 5) is 0. The van der Waals surface area contributed by atoms with E-state index in [1.165, 1.54) is 24.0 Å². The van der Waals surface area contributed by atoms with E-state index in [2.05, 4.69) is 58.0 Å². The molecule has 2 aromatic carbocycles. The van der Waals surface area contributed by atoms with Crippen molar-refractivity contribution in [2.45, 2.75) is 53.4 Å². The number of aromatic hydroxyl groups is 1. The molecule has 0 saturated carbocycles. The third-order valence-electron chi connectivity index (χ3n) is 4.35. The monoisotopic (exact) mass is 310 g/mol. The zero-order valence-electron chi connectivity index (χ0n) is 15.0. The van der Waals surface area contributed by atoms with Crippen LogP contribution < -0.4 is 0 Å². The normalized spacial score (nSPS) is 12.5. The molecule has 2 aromatic rings. The van der Waals surface area contributed by atoms with Crippen LogP contribution in [0, 0.1) is 11.8 Å². The molecule has 124 valence electrons. The smallest absolute Gasteiger partial charge is 0.124 e. The Hall–Kier alpha value is -1.76. The van der Waals surface area contributed by atoms with Gasteiger partial charge in [0.1, 0.15) is 5.75 Å². The average Bonchev–Trinajstić information content (AvgIpc) is 2.50. The van der Waals surface area contributed by atoms with E-state index < -0.39 is 0 Å². The fourth-order valence-corrected chi connectivity index (χ4v) is 2.97. The zero-order valence-corrected chi connectivity index (χ0v) is 15.0. The summed E-state index contributed by atoms with van der Waals surface area (Å²) in [6, 6.07) is 12.1. The predicted octanol–water partition coefficient (Wildman–Crippen LogP) is 6.80. The topological polar surface area (TPSA) is 20.2 Å². The number of phenolic OH excluding ortho intramolecular Hbond substituents is 1. The Morgan fingerprint density at radius 2 is 1.61 bits per heavy atom. The van der Waals surface area contributed by atoms with Gasteiger partial charge in [-0.1, -0.05) is 64.1 Å². The molecule has 1 N–H and O–H groups in total. The molecule has 0 atom stereocenters. The van der Waals surface area contributed by atoms with Crippen LogP contribution in [0.1, 0.15) is 58.9 Å². The van der Waals surface area contributed by atoms with E-state index in [-0.39, 0.29) is 0 Å². The molecule has 2 rings (SSSR count). The highest BCUT2D eigenvalue weighted by molar-refractivity contribution is 5.97. The van der Waals surface area contributed by atoms with Crippen molar-refractivity contribution in [2.75, 3.05) is 0 Å². The minimum Gasteiger partial charge on any atom is -0.507 e. The van der Waals surface area contributed by atoms with Gasteiger partial charge in [0.25, 0.3) is 0 Å². The van der Waals surface area contributed by atoms with Crippen LogP contribution in [-0.2, 0) is 0 Å². The van der Waals surface area contributed by atoms with Gasteiger partial charge in [-0.3, -0.25) is 0 Å². The molecule has 0 radical (unpaired) electrons. The van der Waals surface area contributed by atoms with E-state index in [4.69, 9.17) is 0 Å². The molecule has 0 bridgehead atoms. The quantitative estimate of drug-likeness (QED) is 0.596. The predicted molar refractivity (Wildman–Crippen MR) is 102 cm³/mol. The zero-order chi connectivity index (χ0) is 16.8. The molecule has 0 unspecified atom stereocenters. The van der Waals surface area contributed by atoms with Crippen LogP contribution >= 0.6 is 0 Å². The summed E-state index contributed by atoms with van der Waals surface area (Å²) in [7, 11) is 0. The van der Waals surface area contributed by atoms with Gasteiger partial charge in [0.15, 0.2) is 0 Å². The maximum Gasteiger partial charge on any atom is 0.124 e. The van der Waals surface area contributed by atoms with Gasteiger partial charge in [-0.05, 0) is 60.1 Å². The number of phenols is 1. The number of hydrogen-bond acceptors (Lipinski definition) is 1. The lowest BCUT2D eigenvalue weighted by molar-refractivity contribution is 0.481. The molecule has 1 nitrogen and oxygen atoms in total. The van der Waals surface area contributed by atoms with Crippen molar-refractivity contribution in [2.24, 2.45) is 11.8 Å². The first kappa shape index (κ1) is 17.6. The average molecular weight is 310 g/mol. The van der Waals surface area contributed by atoms with Crippen molar-refractivity contribution < 1.29 is 5.11 Å². The second kappa shape index (κ2) is 8.19. The Labute approximate surface area is 141 Å². The van der Waals surface area contributed by atoms with Crippen LogP contribution in [0.25, 0.3) is 16.3 Å². The Morgan fingerprint density at radius 1 is 0.957 bits per heavy atom. The summed E-state index contributed by atoms with van der Waals surface area (Å²) in [6.45, 7) is 9.08. The van der Waals surface area contributed by atoms with E-state index in [1.54, 1.807) is 6.07 Å². The Kier molecular flexibility index (Phi) is 6.27. The second-order valence-electron chi connectivity index (χ2n) is 7.31. The van der Waals surface area contributed by atoms with Gasteiger partial charge < -0.3 is 5.11 Å². The van der Waals surface area contributed by atoms with E-state index in [0.717, 1.165) is 29.5 Å². The maximum absolute atomic E-state index is 10.4. The van der Waals surface area contributed by atoms with Gasteiger partial charge in [-0.25, -0.2) is 0 Å². The largest absolute Gasteiger partial charge is 0.507 e. The maximum atomic E-state index is 10.4. The van der Waals surface area contributed by atoms with Gasteiger partial charge in [-0.15, -0.1) is 0 Å². The molecule has 0 aromatic heterocycles. The van der Waals surface area contributed by atoms with Gasteiger partial charge in [0.2, 0.25) is 0 Å². The van der Waals surface area contributed by atoms with Crippen molar-refractivity contribution >= 4 is 16.3 Å².